The molecule has 2 N–H and O–H groups in total. The molecule has 162 valence electrons. The summed E-state index contributed by atoms with van der Waals surface area (Å²) in [5, 5.41) is 3.40. The van der Waals surface area contributed by atoms with Crippen LogP contribution in [0.5, 0.6) is 0 Å². The fraction of sp³-hybridized carbons (Fsp3) is 0.429. The summed E-state index contributed by atoms with van der Waals surface area (Å²) in [6.45, 7) is 0.0970. The normalized spacial score (nSPS) is 26.4. The molecule has 0 radical (unpaired) electrons. The molecule has 2 aliphatic heterocycles. The molecule has 30 heavy (non-hydrogen) atoms. The molecule has 0 aliphatic carbocycles. The van der Waals surface area contributed by atoms with E-state index >= 15 is 0 Å². The zero-order chi connectivity index (χ0) is 21.5. The maximum absolute atomic E-state index is 13.3. The minimum absolute atomic E-state index is 0.0714. The molecule has 1 fully saturated rings. The fourth-order valence-corrected chi connectivity index (χ4v) is 4.81. The second-order valence-corrected chi connectivity index (χ2v) is 9.71. The van der Waals surface area contributed by atoms with Gasteiger partial charge < -0.3 is 10.1 Å². The van der Waals surface area contributed by atoms with Gasteiger partial charge in [-0.1, -0.05) is 30.3 Å². The standard InChI is InChI=1S/C21H23F3N2O3S/c1-30(27,28)25-12-15-8-9-16-19(13-5-3-2-4-6-13)26-18-10-7-14(21(22,23)24)11-17(18)20(16)29-15/h2-7,10-11,15-16,19-20,25-26H,8-9,12H2,1H3/t15-,16+,19+,20+/m1/s1. The minimum atomic E-state index is -4.45. The van der Waals surface area contributed by atoms with Crippen LogP contribution in [0.25, 0.3) is 0 Å². The van der Waals surface area contributed by atoms with Crippen LogP contribution in [0.3, 0.4) is 0 Å². The number of halogens is 3. The van der Waals surface area contributed by atoms with E-state index in [4.69, 9.17) is 4.74 Å². The van der Waals surface area contributed by atoms with E-state index in [-0.39, 0.29) is 18.5 Å². The highest BCUT2D eigenvalue weighted by Gasteiger charge is 2.43. The lowest BCUT2D eigenvalue weighted by Crippen LogP contribution is -2.43. The van der Waals surface area contributed by atoms with Crippen molar-refractivity contribution in [2.45, 2.75) is 37.3 Å². The Hall–Kier alpha value is -2.10. The van der Waals surface area contributed by atoms with Crippen molar-refractivity contribution < 1.29 is 26.3 Å². The molecule has 0 unspecified atom stereocenters. The van der Waals surface area contributed by atoms with Gasteiger partial charge in [0.1, 0.15) is 0 Å². The summed E-state index contributed by atoms with van der Waals surface area (Å²) in [4.78, 5) is 0. The zero-order valence-corrected chi connectivity index (χ0v) is 17.1. The van der Waals surface area contributed by atoms with Crippen LogP contribution < -0.4 is 10.0 Å². The molecule has 9 heteroatoms. The van der Waals surface area contributed by atoms with Crippen LogP contribution in [0.15, 0.2) is 48.5 Å². The third-order valence-corrected chi connectivity index (χ3v) is 6.40. The summed E-state index contributed by atoms with van der Waals surface area (Å²) in [5.74, 6) is -0.0714. The number of ether oxygens (including phenoxy) is 1. The van der Waals surface area contributed by atoms with Gasteiger partial charge in [-0.3, -0.25) is 0 Å². The molecule has 0 amide bonds. The largest absolute Gasteiger partial charge is 0.416 e. The predicted molar refractivity (Wildman–Crippen MR) is 107 cm³/mol. The monoisotopic (exact) mass is 440 g/mol. The van der Waals surface area contributed by atoms with Crippen molar-refractivity contribution >= 4 is 15.7 Å². The molecule has 2 aromatic carbocycles. The van der Waals surface area contributed by atoms with Crippen molar-refractivity contribution in [1.29, 1.82) is 0 Å². The van der Waals surface area contributed by atoms with E-state index in [2.05, 4.69) is 10.0 Å². The molecule has 0 spiro atoms. The number of hydrogen-bond acceptors (Lipinski definition) is 4. The summed E-state index contributed by atoms with van der Waals surface area (Å²) in [5.41, 5.74) is 1.38. The van der Waals surface area contributed by atoms with E-state index in [0.29, 0.717) is 24.1 Å². The molecule has 1 saturated heterocycles. The quantitative estimate of drug-likeness (QED) is 0.746. The van der Waals surface area contributed by atoms with Crippen LogP contribution >= 0.6 is 0 Å². The molecule has 0 aromatic heterocycles. The summed E-state index contributed by atoms with van der Waals surface area (Å²) in [6, 6.07) is 13.3. The van der Waals surface area contributed by atoms with Gasteiger partial charge in [-0.25, -0.2) is 13.1 Å². The highest BCUT2D eigenvalue weighted by Crippen LogP contribution is 2.51. The molecule has 0 saturated carbocycles. The average molecular weight is 440 g/mol. The molecule has 2 aliphatic rings. The number of hydrogen-bond donors (Lipinski definition) is 2. The summed E-state index contributed by atoms with van der Waals surface area (Å²) in [7, 11) is -3.38. The Bertz CT molecular complexity index is 1010. The van der Waals surface area contributed by atoms with Crippen molar-refractivity contribution in [1.82, 2.24) is 4.72 Å². The maximum atomic E-state index is 13.3. The Morgan fingerprint density at radius 2 is 1.87 bits per heavy atom. The van der Waals surface area contributed by atoms with Crippen LogP contribution in [0, 0.1) is 5.92 Å². The van der Waals surface area contributed by atoms with E-state index in [9.17, 15) is 21.6 Å². The van der Waals surface area contributed by atoms with Gasteiger partial charge in [-0.15, -0.1) is 0 Å². The summed E-state index contributed by atoms with van der Waals surface area (Å²) < 4.78 is 71.5. The first-order valence-corrected chi connectivity index (χ1v) is 11.6. The Morgan fingerprint density at radius 1 is 1.13 bits per heavy atom. The average Bonchev–Trinajstić information content (AvgIpc) is 2.70. The number of anilines is 1. The lowest BCUT2D eigenvalue weighted by Gasteiger charge is -2.46. The summed E-state index contributed by atoms with van der Waals surface area (Å²) in [6.07, 6.45) is -3.04. The third kappa shape index (κ3) is 4.48. The molecule has 2 aromatic rings. The van der Waals surface area contributed by atoms with Gasteiger partial charge in [0.2, 0.25) is 10.0 Å². The van der Waals surface area contributed by atoms with E-state index in [0.717, 1.165) is 24.0 Å². The van der Waals surface area contributed by atoms with Crippen molar-refractivity contribution in [3.63, 3.8) is 0 Å². The first kappa shape index (κ1) is 21.1. The molecular formula is C21H23F3N2O3S. The fourth-order valence-electron chi connectivity index (χ4n) is 4.32. The number of alkyl halides is 3. The Kier molecular flexibility index (Phi) is 5.54. The minimum Gasteiger partial charge on any atom is -0.378 e. The van der Waals surface area contributed by atoms with Crippen molar-refractivity contribution in [2.75, 3.05) is 18.1 Å². The van der Waals surface area contributed by atoms with Crippen LogP contribution in [0.2, 0.25) is 0 Å². The van der Waals surface area contributed by atoms with Gasteiger partial charge in [0.25, 0.3) is 0 Å². The van der Waals surface area contributed by atoms with Gasteiger partial charge in [0.05, 0.1) is 30.1 Å². The smallest absolute Gasteiger partial charge is 0.378 e. The van der Waals surface area contributed by atoms with Crippen molar-refractivity contribution in [3.8, 4) is 0 Å². The van der Waals surface area contributed by atoms with Gasteiger partial charge in [0, 0.05) is 23.7 Å². The lowest BCUT2D eigenvalue weighted by atomic mass is 9.76. The molecular weight excluding hydrogens is 417 g/mol. The first-order valence-electron chi connectivity index (χ1n) is 9.74. The highest BCUT2D eigenvalue weighted by atomic mass is 32.2. The number of sulfonamides is 1. The number of nitrogens with one attached hydrogen (secondary N) is 2. The molecule has 4 atom stereocenters. The Morgan fingerprint density at radius 3 is 2.53 bits per heavy atom. The molecule has 4 rings (SSSR count). The van der Waals surface area contributed by atoms with Gasteiger partial charge >= 0.3 is 6.18 Å². The van der Waals surface area contributed by atoms with E-state index in [1.807, 2.05) is 30.3 Å². The van der Waals surface area contributed by atoms with Gasteiger partial charge in [0.15, 0.2) is 0 Å². The van der Waals surface area contributed by atoms with E-state index < -0.39 is 34.0 Å². The lowest BCUT2D eigenvalue weighted by molar-refractivity contribution is -0.138. The molecule has 0 bridgehead atoms. The zero-order valence-electron chi connectivity index (χ0n) is 16.3. The number of rotatable bonds is 4. The first-order chi connectivity index (χ1) is 14.1. The van der Waals surface area contributed by atoms with E-state index in [1.54, 1.807) is 0 Å². The number of fused-ring (bicyclic) bond motifs is 3. The predicted octanol–water partition coefficient (Wildman–Crippen LogP) is 4.26. The van der Waals surface area contributed by atoms with Crippen LogP contribution in [-0.4, -0.2) is 27.3 Å². The Labute approximate surface area is 173 Å². The Balaban J connectivity index is 1.69. The van der Waals surface area contributed by atoms with Gasteiger partial charge in [-0.05, 0) is 36.6 Å². The molecule has 2 heterocycles. The van der Waals surface area contributed by atoms with Crippen LogP contribution in [0.4, 0.5) is 18.9 Å². The third-order valence-electron chi connectivity index (χ3n) is 5.71. The molecule has 5 nitrogen and oxygen atoms in total. The highest BCUT2D eigenvalue weighted by molar-refractivity contribution is 7.88. The van der Waals surface area contributed by atoms with Crippen molar-refractivity contribution in [3.05, 3.63) is 65.2 Å². The second-order valence-electron chi connectivity index (χ2n) is 7.87. The van der Waals surface area contributed by atoms with Crippen LogP contribution in [0.1, 0.15) is 41.7 Å². The van der Waals surface area contributed by atoms with Crippen molar-refractivity contribution in [2.24, 2.45) is 5.92 Å². The van der Waals surface area contributed by atoms with Crippen LogP contribution in [-0.2, 0) is 20.9 Å². The maximum Gasteiger partial charge on any atom is 0.416 e. The topological polar surface area (TPSA) is 67.4 Å². The van der Waals surface area contributed by atoms with E-state index in [1.165, 1.54) is 6.07 Å². The second kappa shape index (κ2) is 7.86. The van der Waals surface area contributed by atoms with Gasteiger partial charge in [-0.2, -0.15) is 13.2 Å². The number of benzene rings is 2. The summed E-state index contributed by atoms with van der Waals surface area (Å²) >= 11 is 0. The SMILES string of the molecule is CS(=O)(=O)NC[C@H]1CC[C@@H]2[C@H](O1)c1cc(C(F)(F)F)ccc1N[C@H]2c1ccccc1.